The Kier molecular flexibility index (Phi) is 7.45. The van der Waals surface area contributed by atoms with Gasteiger partial charge in [0.05, 0.1) is 6.04 Å². The minimum atomic E-state index is -0.111. The highest BCUT2D eigenvalue weighted by atomic mass is 16.7. The van der Waals surface area contributed by atoms with Gasteiger partial charge in [0.1, 0.15) is 0 Å². The van der Waals surface area contributed by atoms with Crippen LogP contribution in [0.4, 0.5) is 0 Å². The van der Waals surface area contributed by atoms with Crippen LogP contribution in [0.3, 0.4) is 0 Å². The van der Waals surface area contributed by atoms with E-state index in [1.807, 2.05) is 13.8 Å². The number of rotatable bonds is 7. The molecule has 0 aliphatic heterocycles. The molecule has 0 bridgehead atoms. The van der Waals surface area contributed by atoms with Crippen LogP contribution in [0.1, 0.15) is 27.7 Å². The predicted octanol–water partition coefficient (Wildman–Crippen LogP) is 1.38. The van der Waals surface area contributed by atoms with Crippen molar-refractivity contribution in [3.05, 3.63) is 0 Å². The van der Waals surface area contributed by atoms with Crippen molar-refractivity contribution in [2.75, 3.05) is 19.8 Å². The summed E-state index contributed by atoms with van der Waals surface area (Å²) in [6, 6.07) is 0.259. The summed E-state index contributed by atoms with van der Waals surface area (Å²) in [5.41, 5.74) is 0. The molecule has 74 valence electrons. The van der Waals surface area contributed by atoms with Gasteiger partial charge in [-0.15, -0.1) is 0 Å². The highest BCUT2D eigenvalue weighted by Crippen LogP contribution is 2.01. The molecule has 0 aromatic rings. The van der Waals surface area contributed by atoms with Crippen LogP contribution in [0.15, 0.2) is 0 Å². The SMILES string of the molecule is CCNC(C)C(OCC)OCC. The molecule has 0 rings (SSSR count). The molecule has 12 heavy (non-hydrogen) atoms. The maximum Gasteiger partial charge on any atom is 0.172 e. The van der Waals surface area contributed by atoms with Gasteiger partial charge in [0.25, 0.3) is 0 Å². The van der Waals surface area contributed by atoms with Crippen molar-refractivity contribution < 1.29 is 9.47 Å². The van der Waals surface area contributed by atoms with Crippen molar-refractivity contribution in [1.82, 2.24) is 5.32 Å². The summed E-state index contributed by atoms with van der Waals surface area (Å²) in [5, 5.41) is 3.27. The minimum absolute atomic E-state index is 0.111. The lowest BCUT2D eigenvalue weighted by molar-refractivity contribution is -0.150. The highest BCUT2D eigenvalue weighted by Gasteiger charge is 2.15. The summed E-state index contributed by atoms with van der Waals surface area (Å²) >= 11 is 0. The number of likely N-dealkylation sites (N-methyl/N-ethyl adjacent to an activating group) is 1. The molecule has 0 aliphatic rings. The summed E-state index contributed by atoms with van der Waals surface area (Å²) < 4.78 is 10.8. The lowest BCUT2D eigenvalue weighted by Gasteiger charge is -2.23. The van der Waals surface area contributed by atoms with Gasteiger partial charge < -0.3 is 14.8 Å². The molecule has 1 N–H and O–H groups in total. The molecular formula is C9H21NO2. The van der Waals surface area contributed by atoms with E-state index in [4.69, 9.17) is 9.47 Å². The zero-order valence-corrected chi connectivity index (χ0v) is 8.59. The first-order valence-electron chi connectivity index (χ1n) is 4.72. The van der Waals surface area contributed by atoms with Crippen LogP contribution in [-0.2, 0) is 9.47 Å². The van der Waals surface area contributed by atoms with E-state index < -0.39 is 0 Å². The molecule has 1 unspecified atom stereocenters. The third-order valence-corrected chi connectivity index (χ3v) is 1.60. The van der Waals surface area contributed by atoms with Crippen LogP contribution in [0.5, 0.6) is 0 Å². The van der Waals surface area contributed by atoms with Gasteiger partial charge in [-0.2, -0.15) is 0 Å². The number of nitrogens with one attached hydrogen (secondary N) is 1. The summed E-state index contributed by atoms with van der Waals surface area (Å²) in [6.45, 7) is 10.4. The second kappa shape index (κ2) is 7.53. The van der Waals surface area contributed by atoms with Crippen LogP contribution in [0, 0.1) is 0 Å². The Morgan fingerprint density at radius 2 is 1.58 bits per heavy atom. The van der Waals surface area contributed by atoms with Crippen LogP contribution >= 0.6 is 0 Å². The summed E-state index contributed by atoms with van der Waals surface area (Å²) in [7, 11) is 0. The third-order valence-electron chi connectivity index (χ3n) is 1.60. The quantitative estimate of drug-likeness (QED) is 0.593. The number of hydrogen-bond donors (Lipinski definition) is 1. The Bertz CT molecular complexity index is 92.5. The fourth-order valence-electron chi connectivity index (χ4n) is 1.08. The molecule has 0 fully saturated rings. The normalized spacial score (nSPS) is 13.8. The van der Waals surface area contributed by atoms with Crippen LogP contribution < -0.4 is 5.32 Å². The zero-order valence-electron chi connectivity index (χ0n) is 8.59. The maximum absolute atomic E-state index is 5.41. The molecule has 0 saturated heterocycles. The van der Waals surface area contributed by atoms with E-state index >= 15 is 0 Å². The molecule has 0 saturated carbocycles. The lowest BCUT2D eigenvalue weighted by atomic mass is 10.3. The minimum Gasteiger partial charge on any atom is -0.351 e. The molecule has 0 spiro atoms. The highest BCUT2D eigenvalue weighted by molar-refractivity contribution is 4.63. The van der Waals surface area contributed by atoms with Crippen molar-refractivity contribution in [2.45, 2.75) is 40.0 Å². The lowest BCUT2D eigenvalue weighted by Crippen LogP contribution is -2.40. The molecule has 0 aromatic carbocycles. The topological polar surface area (TPSA) is 30.5 Å². The molecular weight excluding hydrogens is 154 g/mol. The molecule has 1 atom stereocenters. The smallest absolute Gasteiger partial charge is 0.172 e. The van der Waals surface area contributed by atoms with Crippen molar-refractivity contribution >= 4 is 0 Å². The monoisotopic (exact) mass is 175 g/mol. The fourth-order valence-corrected chi connectivity index (χ4v) is 1.08. The first-order chi connectivity index (χ1) is 5.76. The Balaban J connectivity index is 3.72. The van der Waals surface area contributed by atoms with Gasteiger partial charge in [-0.05, 0) is 27.3 Å². The first-order valence-corrected chi connectivity index (χ1v) is 4.72. The zero-order chi connectivity index (χ0) is 9.40. The number of ether oxygens (including phenoxy) is 2. The molecule has 0 amide bonds. The third kappa shape index (κ3) is 4.70. The van der Waals surface area contributed by atoms with Crippen molar-refractivity contribution in [1.29, 1.82) is 0 Å². The van der Waals surface area contributed by atoms with Crippen molar-refractivity contribution in [3.8, 4) is 0 Å². The van der Waals surface area contributed by atoms with E-state index in [1.54, 1.807) is 0 Å². The Hall–Kier alpha value is -0.120. The molecule has 0 aliphatic carbocycles. The van der Waals surface area contributed by atoms with Crippen LogP contribution in [-0.4, -0.2) is 32.1 Å². The van der Waals surface area contributed by atoms with E-state index in [0.29, 0.717) is 13.2 Å². The largest absolute Gasteiger partial charge is 0.351 e. The van der Waals surface area contributed by atoms with E-state index in [-0.39, 0.29) is 12.3 Å². The first kappa shape index (κ1) is 11.9. The van der Waals surface area contributed by atoms with Gasteiger partial charge in [-0.1, -0.05) is 6.92 Å². The van der Waals surface area contributed by atoms with Crippen molar-refractivity contribution in [3.63, 3.8) is 0 Å². The Morgan fingerprint density at radius 3 is 1.92 bits per heavy atom. The number of hydrogen-bond acceptors (Lipinski definition) is 3. The second-order valence-corrected chi connectivity index (χ2v) is 2.63. The van der Waals surface area contributed by atoms with E-state index in [1.165, 1.54) is 0 Å². The van der Waals surface area contributed by atoms with Gasteiger partial charge >= 0.3 is 0 Å². The van der Waals surface area contributed by atoms with Crippen LogP contribution in [0.2, 0.25) is 0 Å². The van der Waals surface area contributed by atoms with E-state index in [2.05, 4.69) is 19.2 Å². The average molecular weight is 175 g/mol. The molecule has 0 radical (unpaired) electrons. The summed E-state index contributed by atoms with van der Waals surface area (Å²) in [5.74, 6) is 0. The van der Waals surface area contributed by atoms with Gasteiger partial charge in [0.15, 0.2) is 6.29 Å². The van der Waals surface area contributed by atoms with E-state index in [9.17, 15) is 0 Å². The molecule has 3 nitrogen and oxygen atoms in total. The van der Waals surface area contributed by atoms with Gasteiger partial charge in [0.2, 0.25) is 0 Å². The second-order valence-electron chi connectivity index (χ2n) is 2.63. The summed E-state index contributed by atoms with van der Waals surface area (Å²) in [6.07, 6.45) is -0.111. The Morgan fingerprint density at radius 1 is 1.08 bits per heavy atom. The Labute approximate surface area is 75.4 Å². The molecule has 0 aromatic heterocycles. The van der Waals surface area contributed by atoms with Crippen LogP contribution in [0.25, 0.3) is 0 Å². The fraction of sp³-hybridized carbons (Fsp3) is 1.00. The van der Waals surface area contributed by atoms with E-state index in [0.717, 1.165) is 6.54 Å². The van der Waals surface area contributed by atoms with Gasteiger partial charge in [0, 0.05) is 13.2 Å². The maximum atomic E-state index is 5.41. The predicted molar refractivity (Wildman–Crippen MR) is 50.2 cm³/mol. The average Bonchev–Trinajstić information content (AvgIpc) is 2.04. The summed E-state index contributed by atoms with van der Waals surface area (Å²) in [4.78, 5) is 0. The molecule has 0 heterocycles. The van der Waals surface area contributed by atoms with Crippen molar-refractivity contribution in [2.24, 2.45) is 0 Å². The van der Waals surface area contributed by atoms with Gasteiger partial charge in [-0.3, -0.25) is 0 Å². The molecule has 3 heteroatoms. The standard InChI is InChI=1S/C9H21NO2/c1-5-10-8(4)9(11-6-2)12-7-3/h8-10H,5-7H2,1-4H3. The van der Waals surface area contributed by atoms with Gasteiger partial charge in [-0.25, -0.2) is 0 Å².